The number of aryl methyl sites for hydroxylation is 2. The molecule has 1 fully saturated rings. The summed E-state index contributed by atoms with van der Waals surface area (Å²) in [7, 11) is 0. The van der Waals surface area contributed by atoms with Gasteiger partial charge in [-0.1, -0.05) is 17.7 Å². The van der Waals surface area contributed by atoms with E-state index in [-0.39, 0.29) is 17.6 Å². The van der Waals surface area contributed by atoms with E-state index in [0.717, 1.165) is 24.0 Å². The summed E-state index contributed by atoms with van der Waals surface area (Å²) in [6, 6.07) is 6.00. The minimum Gasteiger partial charge on any atom is -0.414 e. The molecule has 4 heteroatoms. The number of aromatic nitrogens is 2. The molecule has 3 rings (SSSR count). The lowest BCUT2D eigenvalue weighted by Crippen LogP contribution is -2.01. The molecule has 4 nitrogen and oxygen atoms in total. The SMILES string of the molecule is Cc1ccc(-c2nnc(C(=O)C3CC3)o2)c(C)c1. The molecule has 92 valence electrons. The van der Waals surface area contributed by atoms with Crippen molar-refractivity contribution in [2.45, 2.75) is 26.7 Å². The molecule has 0 unspecified atom stereocenters. The molecule has 2 aromatic rings. The number of nitrogens with zero attached hydrogens (tertiary/aromatic N) is 2. The molecule has 0 N–H and O–H groups in total. The summed E-state index contributed by atoms with van der Waals surface area (Å²) in [5.41, 5.74) is 3.15. The molecule has 0 bridgehead atoms. The van der Waals surface area contributed by atoms with E-state index >= 15 is 0 Å². The van der Waals surface area contributed by atoms with Gasteiger partial charge < -0.3 is 4.42 Å². The van der Waals surface area contributed by atoms with E-state index in [1.165, 1.54) is 5.56 Å². The zero-order valence-electron chi connectivity index (χ0n) is 10.4. The molecule has 0 atom stereocenters. The van der Waals surface area contributed by atoms with Crippen molar-refractivity contribution in [1.29, 1.82) is 0 Å². The Kier molecular flexibility index (Phi) is 2.51. The van der Waals surface area contributed by atoms with Crippen LogP contribution in [0.2, 0.25) is 0 Å². The van der Waals surface area contributed by atoms with Gasteiger partial charge in [0.2, 0.25) is 11.7 Å². The highest BCUT2D eigenvalue weighted by molar-refractivity contribution is 5.95. The highest BCUT2D eigenvalue weighted by Crippen LogP contribution is 2.33. The first kappa shape index (κ1) is 11.1. The van der Waals surface area contributed by atoms with Gasteiger partial charge in [-0.3, -0.25) is 4.79 Å². The van der Waals surface area contributed by atoms with Gasteiger partial charge in [-0.15, -0.1) is 10.2 Å². The topological polar surface area (TPSA) is 56.0 Å². The van der Waals surface area contributed by atoms with Crippen LogP contribution in [-0.2, 0) is 0 Å². The predicted molar refractivity (Wildman–Crippen MR) is 66.3 cm³/mol. The van der Waals surface area contributed by atoms with Gasteiger partial charge in [-0.25, -0.2) is 0 Å². The number of ketones is 1. The summed E-state index contributed by atoms with van der Waals surface area (Å²) in [4.78, 5) is 11.8. The summed E-state index contributed by atoms with van der Waals surface area (Å²) in [5, 5.41) is 7.82. The molecule has 0 spiro atoms. The van der Waals surface area contributed by atoms with Crippen molar-refractivity contribution in [3.05, 3.63) is 35.2 Å². The van der Waals surface area contributed by atoms with E-state index in [9.17, 15) is 4.79 Å². The van der Waals surface area contributed by atoms with Crippen LogP contribution in [-0.4, -0.2) is 16.0 Å². The number of benzene rings is 1. The van der Waals surface area contributed by atoms with Crippen LogP contribution in [0, 0.1) is 19.8 Å². The van der Waals surface area contributed by atoms with Crippen molar-refractivity contribution >= 4 is 5.78 Å². The second-order valence-corrected chi connectivity index (χ2v) is 4.87. The molecule has 1 heterocycles. The Morgan fingerprint density at radius 2 is 2.06 bits per heavy atom. The van der Waals surface area contributed by atoms with Crippen LogP contribution in [0.1, 0.15) is 34.7 Å². The van der Waals surface area contributed by atoms with Crippen LogP contribution in [0.3, 0.4) is 0 Å². The van der Waals surface area contributed by atoms with Gasteiger partial charge in [0.1, 0.15) is 0 Å². The number of rotatable bonds is 3. The maximum Gasteiger partial charge on any atom is 0.284 e. The first-order chi connectivity index (χ1) is 8.65. The minimum absolute atomic E-state index is 0.0153. The van der Waals surface area contributed by atoms with Gasteiger partial charge in [0.25, 0.3) is 5.89 Å². The average molecular weight is 242 g/mol. The van der Waals surface area contributed by atoms with Crippen LogP contribution >= 0.6 is 0 Å². The van der Waals surface area contributed by atoms with Crippen molar-refractivity contribution in [2.75, 3.05) is 0 Å². The van der Waals surface area contributed by atoms with Crippen molar-refractivity contribution < 1.29 is 9.21 Å². The Morgan fingerprint density at radius 3 is 2.72 bits per heavy atom. The number of carbonyl (C=O) groups is 1. The molecule has 1 aromatic carbocycles. The Morgan fingerprint density at radius 1 is 1.28 bits per heavy atom. The molecule has 0 radical (unpaired) electrons. The summed E-state index contributed by atoms with van der Waals surface area (Å²) in [6.45, 7) is 4.03. The third kappa shape index (κ3) is 1.94. The lowest BCUT2D eigenvalue weighted by molar-refractivity contribution is 0.0934. The average Bonchev–Trinajstić information content (AvgIpc) is 3.07. The third-order valence-electron chi connectivity index (χ3n) is 3.20. The number of Topliss-reactive ketones (excluding diaryl/α,β-unsaturated/α-hetero) is 1. The van der Waals surface area contributed by atoms with Gasteiger partial charge in [-0.2, -0.15) is 0 Å². The molecule has 1 aliphatic carbocycles. The van der Waals surface area contributed by atoms with Gasteiger partial charge in [0.05, 0.1) is 0 Å². The Labute approximate surface area is 105 Å². The van der Waals surface area contributed by atoms with E-state index in [4.69, 9.17) is 4.42 Å². The fourth-order valence-corrected chi connectivity index (χ4v) is 2.01. The van der Waals surface area contributed by atoms with Crippen molar-refractivity contribution in [1.82, 2.24) is 10.2 Å². The van der Waals surface area contributed by atoms with Crippen molar-refractivity contribution in [3.63, 3.8) is 0 Å². The number of hydrogen-bond acceptors (Lipinski definition) is 4. The first-order valence-electron chi connectivity index (χ1n) is 6.10. The minimum atomic E-state index is -0.0153. The normalized spacial score (nSPS) is 14.8. The molecule has 0 amide bonds. The van der Waals surface area contributed by atoms with Crippen LogP contribution in [0.5, 0.6) is 0 Å². The van der Waals surface area contributed by atoms with E-state index in [2.05, 4.69) is 16.3 Å². The number of hydrogen-bond donors (Lipinski definition) is 0. The summed E-state index contributed by atoms with van der Waals surface area (Å²) in [6.07, 6.45) is 1.89. The number of carbonyl (C=O) groups excluding carboxylic acids is 1. The predicted octanol–water partition coefficient (Wildman–Crippen LogP) is 2.95. The Hall–Kier alpha value is -1.97. The van der Waals surface area contributed by atoms with E-state index in [1.54, 1.807) is 0 Å². The van der Waals surface area contributed by atoms with E-state index in [1.807, 2.05) is 26.0 Å². The smallest absolute Gasteiger partial charge is 0.284 e. The highest BCUT2D eigenvalue weighted by atomic mass is 16.4. The summed E-state index contributed by atoms with van der Waals surface area (Å²) >= 11 is 0. The summed E-state index contributed by atoms with van der Waals surface area (Å²) < 4.78 is 5.48. The molecular formula is C14H14N2O2. The fraction of sp³-hybridized carbons (Fsp3) is 0.357. The van der Waals surface area contributed by atoms with Crippen LogP contribution in [0.25, 0.3) is 11.5 Å². The Balaban J connectivity index is 1.94. The highest BCUT2D eigenvalue weighted by Gasteiger charge is 2.34. The second kappa shape index (κ2) is 4.05. The van der Waals surface area contributed by atoms with Gasteiger partial charge >= 0.3 is 0 Å². The maximum absolute atomic E-state index is 11.8. The standard InChI is InChI=1S/C14H14N2O2/c1-8-3-6-11(9(2)7-8)13-15-16-14(18-13)12(17)10-4-5-10/h3,6-7,10H,4-5H2,1-2H3. The van der Waals surface area contributed by atoms with E-state index in [0.29, 0.717) is 5.89 Å². The van der Waals surface area contributed by atoms with Gasteiger partial charge in [-0.05, 0) is 38.3 Å². The lowest BCUT2D eigenvalue weighted by Gasteiger charge is -2.01. The molecular weight excluding hydrogens is 228 g/mol. The molecule has 0 saturated heterocycles. The van der Waals surface area contributed by atoms with Crippen LogP contribution in [0.15, 0.2) is 22.6 Å². The zero-order valence-corrected chi connectivity index (χ0v) is 10.4. The van der Waals surface area contributed by atoms with Crippen molar-refractivity contribution in [3.8, 4) is 11.5 Å². The second-order valence-electron chi connectivity index (χ2n) is 4.87. The monoisotopic (exact) mass is 242 g/mol. The first-order valence-corrected chi connectivity index (χ1v) is 6.10. The third-order valence-corrected chi connectivity index (χ3v) is 3.20. The molecule has 1 saturated carbocycles. The van der Waals surface area contributed by atoms with E-state index < -0.39 is 0 Å². The molecule has 1 aliphatic rings. The fourth-order valence-electron chi connectivity index (χ4n) is 2.01. The lowest BCUT2D eigenvalue weighted by atomic mass is 10.1. The largest absolute Gasteiger partial charge is 0.414 e. The zero-order chi connectivity index (χ0) is 12.7. The van der Waals surface area contributed by atoms with Crippen LogP contribution < -0.4 is 0 Å². The van der Waals surface area contributed by atoms with Gasteiger partial charge in [0, 0.05) is 11.5 Å². The van der Waals surface area contributed by atoms with Gasteiger partial charge in [0.15, 0.2) is 0 Å². The summed E-state index contributed by atoms with van der Waals surface area (Å²) in [5.74, 6) is 0.667. The van der Waals surface area contributed by atoms with Crippen molar-refractivity contribution in [2.24, 2.45) is 5.92 Å². The maximum atomic E-state index is 11.8. The molecule has 18 heavy (non-hydrogen) atoms. The van der Waals surface area contributed by atoms with Crippen LogP contribution in [0.4, 0.5) is 0 Å². The molecule has 0 aliphatic heterocycles. The quantitative estimate of drug-likeness (QED) is 0.776. The molecule has 1 aromatic heterocycles. The Bertz CT molecular complexity index is 612.